The third-order valence-electron chi connectivity index (χ3n) is 5.37. The summed E-state index contributed by atoms with van der Waals surface area (Å²) < 4.78 is 6.55. The Labute approximate surface area is 190 Å². The number of aryl methyl sites for hydroxylation is 3. The van der Waals surface area contributed by atoms with Crippen LogP contribution in [-0.4, -0.2) is 33.8 Å². The van der Waals surface area contributed by atoms with E-state index in [1.54, 1.807) is 22.1 Å². The molecule has 1 amide bonds. The second-order valence-electron chi connectivity index (χ2n) is 7.66. The molecule has 4 aromatic rings. The molecule has 0 fully saturated rings. The second kappa shape index (κ2) is 8.92. The number of nitrogens with zero attached hydrogens (tertiary/aromatic N) is 3. The molecule has 4 rings (SSSR count). The van der Waals surface area contributed by atoms with Gasteiger partial charge < -0.3 is 10.1 Å². The number of ether oxygens (including phenoxy) is 1. The zero-order valence-electron chi connectivity index (χ0n) is 18.4. The first-order valence-corrected chi connectivity index (χ1v) is 11.1. The normalized spacial score (nSPS) is 12.0. The number of nitrogens with one attached hydrogen (secondary N) is 1. The molecule has 1 aromatic carbocycles. The van der Waals surface area contributed by atoms with Crippen LogP contribution < -0.4 is 5.32 Å². The number of benzene rings is 1. The number of hydrogen-bond acceptors (Lipinski definition) is 6. The van der Waals surface area contributed by atoms with Crippen molar-refractivity contribution in [2.24, 2.45) is 7.05 Å². The van der Waals surface area contributed by atoms with Crippen LogP contribution in [0.4, 0.5) is 0 Å². The molecule has 3 heterocycles. The largest absolute Gasteiger partial charge is 0.469 e. The van der Waals surface area contributed by atoms with Crippen LogP contribution in [-0.2, 0) is 16.6 Å². The molecule has 1 atom stereocenters. The molecule has 1 N–H and O–H groups in total. The molecule has 0 radical (unpaired) electrons. The first-order valence-electron chi connectivity index (χ1n) is 10.2. The first-order chi connectivity index (χ1) is 15.4. The molecular weight excluding hydrogens is 424 g/mol. The quantitative estimate of drug-likeness (QED) is 0.443. The average molecular weight is 449 g/mol. The lowest BCUT2D eigenvalue weighted by Crippen LogP contribution is -2.30. The van der Waals surface area contributed by atoms with Crippen molar-refractivity contribution in [1.29, 1.82) is 0 Å². The third kappa shape index (κ3) is 4.27. The zero-order valence-corrected chi connectivity index (χ0v) is 19.2. The van der Waals surface area contributed by atoms with Gasteiger partial charge in [-0.2, -0.15) is 5.10 Å². The summed E-state index contributed by atoms with van der Waals surface area (Å²) in [5.74, 6) is -0.687. The molecule has 0 saturated carbocycles. The minimum Gasteiger partial charge on any atom is -0.469 e. The van der Waals surface area contributed by atoms with Crippen LogP contribution in [0.1, 0.15) is 39.6 Å². The Balaban J connectivity index is 1.77. The van der Waals surface area contributed by atoms with E-state index in [4.69, 9.17) is 9.72 Å². The van der Waals surface area contributed by atoms with Crippen molar-refractivity contribution < 1.29 is 14.3 Å². The lowest BCUT2D eigenvalue weighted by Gasteiger charge is -2.19. The van der Waals surface area contributed by atoms with Gasteiger partial charge in [-0.05, 0) is 36.9 Å². The van der Waals surface area contributed by atoms with Crippen LogP contribution in [0.5, 0.6) is 0 Å². The summed E-state index contributed by atoms with van der Waals surface area (Å²) in [5, 5.41) is 10.2. The van der Waals surface area contributed by atoms with Crippen LogP contribution >= 0.6 is 11.3 Å². The summed E-state index contributed by atoms with van der Waals surface area (Å²) in [6.45, 7) is 3.85. The summed E-state index contributed by atoms with van der Waals surface area (Å²) in [7, 11) is 3.16. The topological polar surface area (TPSA) is 86.1 Å². The monoisotopic (exact) mass is 448 g/mol. The number of amides is 1. The van der Waals surface area contributed by atoms with Gasteiger partial charge in [0.05, 0.1) is 46.8 Å². The highest BCUT2D eigenvalue weighted by atomic mass is 32.1. The van der Waals surface area contributed by atoms with E-state index >= 15 is 0 Å². The van der Waals surface area contributed by atoms with Gasteiger partial charge in [-0.1, -0.05) is 35.9 Å². The van der Waals surface area contributed by atoms with E-state index in [1.807, 2.05) is 62.7 Å². The van der Waals surface area contributed by atoms with Crippen molar-refractivity contribution >= 4 is 34.2 Å². The fourth-order valence-corrected chi connectivity index (χ4v) is 4.40. The van der Waals surface area contributed by atoms with Gasteiger partial charge in [0.25, 0.3) is 5.91 Å². The zero-order chi connectivity index (χ0) is 22.8. The van der Waals surface area contributed by atoms with Crippen molar-refractivity contribution in [3.63, 3.8) is 0 Å². The molecule has 0 bridgehead atoms. The van der Waals surface area contributed by atoms with E-state index in [0.717, 1.165) is 21.7 Å². The van der Waals surface area contributed by atoms with Crippen LogP contribution in [0.3, 0.4) is 0 Å². The van der Waals surface area contributed by atoms with E-state index in [9.17, 15) is 9.59 Å². The lowest BCUT2D eigenvalue weighted by atomic mass is 10.0. The number of carbonyl (C=O) groups is 2. The van der Waals surface area contributed by atoms with Crippen molar-refractivity contribution in [3.8, 4) is 10.6 Å². The Bertz CT molecular complexity index is 1280. The van der Waals surface area contributed by atoms with Crippen molar-refractivity contribution in [2.45, 2.75) is 26.3 Å². The predicted molar refractivity (Wildman–Crippen MR) is 125 cm³/mol. The molecule has 0 aliphatic carbocycles. The fourth-order valence-electron chi connectivity index (χ4n) is 3.71. The molecule has 164 valence electrons. The first kappa shape index (κ1) is 21.7. The van der Waals surface area contributed by atoms with Gasteiger partial charge in [0, 0.05) is 7.05 Å². The van der Waals surface area contributed by atoms with Crippen LogP contribution in [0.25, 0.3) is 21.6 Å². The number of rotatable bonds is 6. The van der Waals surface area contributed by atoms with E-state index < -0.39 is 12.0 Å². The van der Waals surface area contributed by atoms with E-state index in [1.165, 1.54) is 7.11 Å². The third-order valence-corrected chi connectivity index (χ3v) is 6.26. The molecule has 0 spiro atoms. The summed E-state index contributed by atoms with van der Waals surface area (Å²) in [6, 6.07) is 12.9. The molecule has 32 heavy (non-hydrogen) atoms. The molecule has 3 aromatic heterocycles. The van der Waals surface area contributed by atoms with Crippen LogP contribution in [0.15, 0.2) is 47.8 Å². The van der Waals surface area contributed by atoms with Gasteiger partial charge in [0.15, 0.2) is 5.65 Å². The molecule has 7 nitrogen and oxygen atoms in total. The Morgan fingerprint density at radius 3 is 2.59 bits per heavy atom. The number of pyridine rings is 1. The Morgan fingerprint density at radius 1 is 1.19 bits per heavy atom. The summed E-state index contributed by atoms with van der Waals surface area (Å²) in [5.41, 5.74) is 4.47. The highest BCUT2D eigenvalue weighted by molar-refractivity contribution is 7.13. The van der Waals surface area contributed by atoms with Crippen molar-refractivity contribution in [1.82, 2.24) is 20.1 Å². The van der Waals surface area contributed by atoms with Gasteiger partial charge >= 0.3 is 5.97 Å². The number of carbonyl (C=O) groups excluding carboxylic acids is 2. The molecule has 8 heteroatoms. The predicted octanol–water partition coefficient (Wildman–Crippen LogP) is 4.35. The molecular formula is C24H24N4O3S. The van der Waals surface area contributed by atoms with Crippen molar-refractivity contribution in [2.75, 3.05) is 7.11 Å². The van der Waals surface area contributed by atoms with Gasteiger partial charge in [0.1, 0.15) is 0 Å². The number of hydrogen-bond donors (Lipinski definition) is 1. The Hall–Kier alpha value is -3.52. The Morgan fingerprint density at radius 2 is 1.94 bits per heavy atom. The van der Waals surface area contributed by atoms with Gasteiger partial charge in [-0.15, -0.1) is 11.3 Å². The van der Waals surface area contributed by atoms with Crippen LogP contribution in [0.2, 0.25) is 0 Å². The van der Waals surface area contributed by atoms with Gasteiger partial charge in [0.2, 0.25) is 0 Å². The number of methoxy groups -OCH3 is 1. The summed E-state index contributed by atoms with van der Waals surface area (Å²) in [6.07, 6.45) is 0.0311. The molecule has 0 saturated heterocycles. The fraction of sp³-hybridized carbons (Fsp3) is 0.250. The maximum atomic E-state index is 13.5. The maximum absolute atomic E-state index is 13.5. The minimum absolute atomic E-state index is 0.0311. The van der Waals surface area contributed by atoms with E-state index in [0.29, 0.717) is 22.3 Å². The Kier molecular flexibility index (Phi) is 6.05. The maximum Gasteiger partial charge on any atom is 0.307 e. The summed E-state index contributed by atoms with van der Waals surface area (Å²) >= 11 is 1.56. The standard InChI is InChI=1S/C24H24N4O3S/c1-14-7-9-16(10-8-14)18(13-21(29)31-4)26-24(30)17-12-19(20-6-5-11-32-20)25-23-22(17)15(2)27-28(23)3/h5-12,18H,13H2,1-4H3,(H,26,30). The number of esters is 1. The minimum atomic E-state index is -0.527. The van der Waals surface area contributed by atoms with Gasteiger partial charge in [-0.3, -0.25) is 14.3 Å². The molecule has 0 aliphatic heterocycles. The number of fused-ring (bicyclic) bond motifs is 1. The highest BCUT2D eigenvalue weighted by Gasteiger charge is 2.24. The molecule has 0 aliphatic rings. The van der Waals surface area contributed by atoms with Gasteiger partial charge in [-0.25, -0.2) is 4.98 Å². The highest BCUT2D eigenvalue weighted by Crippen LogP contribution is 2.30. The summed E-state index contributed by atoms with van der Waals surface area (Å²) in [4.78, 5) is 31.3. The smallest absolute Gasteiger partial charge is 0.307 e. The van der Waals surface area contributed by atoms with E-state index in [-0.39, 0.29) is 12.3 Å². The lowest BCUT2D eigenvalue weighted by molar-refractivity contribution is -0.141. The second-order valence-corrected chi connectivity index (χ2v) is 8.60. The average Bonchev–Trinajstić information content (AvgIpc) is 3.41. The molecule has 1 unspecified atom stereocenters. The van der Waals surface area contributed by atoms with E-state index in [2.05, 4.69) is 10.4 Å². The SMILES string of the molecule is COC(=O)CC(NC(=O)c1cc(-c2cccs2)nc2c1c(C)nn2C)c1ccc(C)cc1. The number of aromatic nitrogens is 3. The number of thiophene rings is 1. The van der Waals surface area contributed by atoms with Crippen LogP contribution in [0, 0.1) is 13.8 Å². The van der Waals surface area contributed by atoms with Crippen molar-refractivity contribution in [3.05, 3.63) is 70.2 Å².